The van der Waals surface area contributed by atoms with Gasteiger partial charge in [0.05, 0.1) is 6.61 Å². The van der Waals surface area contributed by atoms with E-state index < -0.39 is 0 Å². The van der Waals surface area contributed by atoms with E-state index in [1.165, 1.54) is 0 Å². The topological polar surface area (TPSA) is 29.5 Å². The maximum absolute atomic E-state index is 9.06. The molecule has 2 nitrogen and oxygen atoms in total. The zero-order chi connectivity index (χ0) is 11.4. The molecular weight excluding hydrogens is 200 g/mol. The van der Waals surface area contributed by atoms with Gasteiger partial charge in [0.25, 0.3) is 0 Å². The van der Waals surface area contributed by atoms with Gasteiger partial charge in [0.2, 0.25) is 0 Å². The van der Waals surface area contributed by atoms with Gasteiger partial charge in [-0.25, -0.2) is 0 Å². The predicted octanol–water partition coefficient (Wildman–Crippen LogP) is 2.77. The van der Waals surface area contributed by atoms with E-state index in [4.69, 9.17) is 9.84 Å². The Morgan fingerprint density at radius 1 is 1.19 bits per heavy atom. The molecule has 0 amide bonds. The second kappa shape index (κ2) is 4.81. The zero-order valence-electron chi connectivity index (χ0n) is 8.97. The second-order valence-electron chi connectivity index (χ2n) is 3.55. The molecule has 1 atom stereocenters. The van der Waals surface area contributed by atoms with Crippen molar-refractivity contribution in [2.24, 2.45) is 0 Å². The summed E-state index contributed by atoms with van der Waals surface area (Å²) in [7, 11) is 0. The van der Waals surface area contributed by atoms with Crippen molar-refractivity contribution in [2.45, 2.75) is 6.10 Å². The van der Waals surface area contributed by atoms with Gasteiger partial charge in [-0.05, 0) is 17.5 Å². The molecule has 0 aliphatic rings. The molecule has 2 aromatic rings. The molecule has 2 heteroatoms. The molecule has 0 spiro atoms. The number of benzene rings is 2. The number of aliphatic hydroxyl groups excluding tert-OH is 1. The lowest BCUT2D eigenvalue weighted by Crippen LogP contribution is -2.17. The van der Waals surface area contributed by atoms with E-state index in [1.54, 1.807) is 6.08 Å². The number of ether oxygens (including phenoxy) is 1. The predicted molar refractivity (Wildman–Crippen MR) is 65.6 cm³/mol. The van der Waals surface area contributed by atoms with E-state index in [0.717, 1.165) is 16.5 Å². The van der Waals surface area contributed by atoms with E-state index >= 15 is 0 Å². The average Bonchev–Trinajstić information content (AvgIpc) is 2.36. The molecule has 16 heavy (non-hydrogen) atoms. The minimum absolute atomic E-state index is 0.0628. The Morgan fingerprint density at radius 3 is 2.69 bits per heavy atom. The summed E-state index contributed by atoms with van der Waals surface area (Å²) in [6, 6.07) is 13.9. The minimum Gasteiger partial charge on any atom is -0.483 e. The molecule has 0 aliphatic heterocycles. The lowest BCUT2D eigenvalue weighted by atomic mass is 10.1. The summed E-state index contributed by atoms with van der Waals surface area (Å²) in [6.45, 7) is 3.56. The summed E-state index contributed by atoms with van der Waals surface area (Å²) in [4.78, 5) is 0. The van der Waals surface area contributed by atoms with Crippen molar-refractivity contribution in [3.63, 3.8) is 0 Å². The molecule has 1 unspecified atom stereocenters. The SMILES string of the molecule is C=CC(CO)Oc1cccc2ccccc12. The molecule has 0 saturated carbocycles. The molecule has 0 heterocycles. The Bertz CT molecular complexity index is 486. The fourth-order valence-corrected chi connectivity index (χ4v) is 1.62. The quantitative estimate of drug-likeness (QED) is 0.793. The summed E-state index contributed by atoms with van der Waals surface area (Å²) in [5.41, 5.74) is 0. The molecule has 2 aromatic carbocycles. The first kappa shape index (κ1) is 10.7. The van der Waals surface area contributed by atoms with Crippen LogP contribution in [0.15, 0.2) is 55.1 Å². The number of hydrogen-bond acceptors (Lipinski definition) is 2. The average molecular weight is 214 g/mol. The Morgan fingerprint density at radius 2 is 1.94 bits per heavy atom. The Balaban J connectivity index is 2.40. The third kappa shape index (κ3) is 2.07. The second-order valence-corrected chi connectivity index (χ2v) is 3.55. The van der Waals surface area contributed by atoms with Crippen molar-refractivity contribution in [1.29, 1.82) is 0 Å². The monoisotopic (exact) mass is 214 g/mol. The molecule has 0 fully saturated rings. The highest BCUT2D eigenvalue weighted by Gasteiger charge is 2.06. The van der Waals surface area contributed by atoms with Crippen molar-refractivity contribution >= 4 is 10.8 Å². The standard InChI is InChI=1S/C14H14O2/c1-2-12(10-15)16-14-9-5-7-11-6-3-4-8-13(11)14/h2-9,12,15H,1,10H2. The fraction of sp³-hybridized carbons (Fsp3) is 0.143. The normalized spacial score (nSPS) is 12.3. The van der Waals surface area contributed by atoms with Crippen LogP contribution in [0.1, 0.15) is 0 Å². The van der Waals surface area contributed by atoms with E-state index in [9.17, 15) is 0 Å². The van der Waals surface area contributed by atoms with Crippen LogP contribution in [0.4, 0.5) is 0 Å². The smallest absolute Gasteiger partial charge is 0.140 e. The molecule has 0 saturated heterocycles. The molecule has 0 aromatic heterocycles. The lowest BCUT2D eigenvalue weighted by Gasteiger charge is -2.14. The van der Waals surface area contributed by atoms with Gasteiger partial charge in [0.1, 0.15) is 11.9 Å². The third-order valence-corrected chi connectivity index (χ3v) is 2.47. The van der Waals surface area contributed by atoms with Crippen LogP contribution in [0.5, 0.6) is 5.75 Å². The van der Waals surface area contributed by atoms with Crippen LogP contribution >= 0.6 is 0 Å². The summed E-state index contributed by atoms with van der Waals surface area (Å²) in [5.74, 6) is 0.775. The highest BCUT2D eigenvalue weighted by atomic mass is 16.5. The summed E-state index contributed by atoms with van der Waals surface area (Å²) in [6.07, 6.45) is 1.24. The summed E-state index contributed by atoms with van der Waals surface area (Å²) >= 11 is 0. The third-order valence-electron chi connectivity index (χ3n) is 2.47. The van der Waals surface area contributed by atoms with Crippen LogP contribution in [-0.2, 0) is 0 Å². The zero-order valence-corrected chi connectivity index (χ0v) is 8.97. The van der Waals surface area contributed by atoms with Gasteiger partial charge in [0.15, 0.2) is 0 Å². The first-order valence-electron chi connectivity index (χ1n) is 5.23. The Kier molecular flexibility index (Phi) is 3.22. The number of aliphatic hydroxyl groups is 1. The molecular formula is C14H14O2. The molecule has 82 valence electrons. The first-order valence-corrected chi connectivity index (χ1v) is 5.23. The van der Waals surface area contributed by atoms with Gasteiger partial charge in [-0.3, -0.25) is 0 Å². The number of fused-ring (bicyclic) bond motifs is 1. The van der Waals surface area contributed by atoms with E-state index in [0.29, 0.717) is 0 Å². The Labute approximate surface area is 94.8 Å². The van der Waals surface area contributed by atoms with E-state index in [-0.39, 0.29) is 12.7 Å². The van der Waals surface area contributed by atoms with Crippen molar-refractivity contribution < 1.29 is 9.84 Å². The van der Waals surface area contributed by atoms with Crippen LogP contribution < -0.4 is 4.74 Å². The van der Waals surface area contributed by atoms with Crippen molar-refractivity contribution in [1.82, 2.24) is 0 Å². The van der Waals surface area contributed by atoms with E-state index in [2.05, 4.69) is 6.58 Å². The highest BCUT2D eigenvalue weighted by Crippen LogP contribution is 2.25. The van der Waals surface area contributed by atoms with Gasteiger partial charge in [0, 0.05) is 5.39 Å². The maximum atomic E-state index is 9.06. The molecule has 1 N–H and O–H groups in total. The molecule has 0 bridgehead atoms. The van der Waals surface area contributed by atoms with Crippen LogP contribution in [-0.4, -0.2) is 17.8 Å². The molecule has 0 aliphatic carbocycles. The minimum atomic E-state index is -0.356. The number of hydrogen-bond donors (Lipinski definition) is 1. The van der Waals surface area contributed by atoms with Crippen LogP contribution in [0.3, 0.4) is 0 Å². The van der Waals surface area contributed by atoms with Gasteiger partial charge >= 0.3 is 0 Å². The van der Waals surface area contributed by atoms with Gasteiger partial charge < -0.3 is 9.84 Å². The van der Waals surface area contributed by atoms with Crippen LogP contribution in [0.25, 0.3) is 10.8 Å². The van der Waals surface area contributed by atoms with Gasteiger partial charge in [-0.2, -0.15) is 0 Å². The lowest BCUT2D eigenvalue weighted by molar-refractivity contribution is 0.151. The molecule has 2 rings (SSSR count). The largest absolute Gasteiger partial charge is 0.483 e. The van der Waals surface area contributed by atoms with Gasteiger partial charge in [-0.15, -0.1) is 0 Å². The van der Waals surface area contributed by atoms with E-state index in [1.807, 2.05) is 42.5 Å². The summed E-state index contributed by atoms with van der Waals surface area (Å²) < 4.78 is 5.66. The van der Waals surface area contributed by atoms with Gasteiger partial charge in [-0.1, -0.05) is 43.0 Å². The fourth-order valence-electron chi connectivity index (χ4n) is 1.62. The van der Waals surface area contributed by atoms with Crippen LogP contribution in [0, 0.1) is 0 Å². The van der Waals surface area contributed by atoms with Crippen molar-refractivity contribution in [2.75, 3.05) is 6.61 Å². The van der Waals surface area contributed by atoms with Crippen molar-refractivity contribution in [3.8, 4) is 5.75 Å². The molecule has 0 radical (unpaired) electrons. The number of rotatable bonds is 4. The Hall–Kier alpha value is -1.80. The highest BCUT2D eigenvalue weighted by molar-refractivity contribution is 5.88. The van der Waals surface area contributed by atoms with Crippen molar-refractivity contribution in [3.05, 3.63) is 55.1 Å². The summed E-state index contributed by atoms with van der Waals surface area (Å²) in [5, 5.41) is 11.2. The van der Waals surface area contributed by atoms with Crippen LogP contribution in [0.2, 0.25) is 0 Å². The maximum Gasteiger partial charge on any atom is 0.140 e. The first-order chi connectivity index (χ1) is 7.85.